The van der Waals surface area contributed by atoms with E-state index in [1.165, 1.54) is 12.8 Å². The Kier molecular flexibility index (Phi) is 1.96. The molecule has 0 radical (unpaired) electrons. The Morgan fingerprint density at radius 2 is 2.08 bits per heavy atom. The molecule has 0 unspecified atom stereocenters. The molecular weight excluding hydrogens is 168 g/mol. The molecule has 3 saturated carbocycles. The first-order valence-electron chi connectivity index (χ1n) is 4.86. The van der Waals surface area contributed by atoms with E-state index >= 15 is 0 Å². The smallest absolute Gasteiger partial charge is 0.0472 e. The summed E-state index contributed by atoms with van der Waals surface area (Å²) in [6.45, 7) is 5.01. The summed E-state index contributed by atoms with van der Waals surface area (Å²) in [6, 6.07) is 0. The van der Waals surface area contributed by atoms with Crippen molar-refractivity contribution in [3.05, 3.63) is 0 Å². The molecule has 3 aliphatic carbocycles. The second-order valence-electron chi connectivity index (χ2n) is 5.01. The molecule has 3 rings (SSSR count). The minimum Gasteiger partial charge on any atom is -0.396 e. The van der Waals surface area contributed by atoms with Gasteiger partial charge in [0.1, 0.15) is 0 Å². The van der Waals surface area contributed by atoms with Crippen LogP contribution in [0.2, 0.25) is 0 Å². The summed E-state index contributed by atoms with van der Waals surface area (Å²) in [5.41, 5.74) is 0.479. The molecule has 2 heteroatoms. The van der Waals surface area contributed by atoms with E-state index in [2.05, 4.69) is 26.5 Å². The van der Waals surface area contributed by atoms with E-state index in [0.717, 1.165) is 11.8 Å². The lowest BCUT2D eigenvalue weighted by Gasteiger charge is -2.61. The Bertz CT molecular complexity index is 190. The molecular formula is C10H18OS. The summed E-state index contributed by atoms with van der Waals surface area (Å²) in [6.07, 6.45) is 2.53. The van der Waals surface area contributed by atoms with Crippen molar-refractivity contribution in [2.75, 3.05) is 6.61 Å². The first-order chi connectivity index (χ1) is 5.57. The Balaban J connectivity index is 2.15. The molecule has 12 heavy (non-hydrogen) atoms. The Morgan fingerprint density at radius 1 is 1.42 bits per heavy atom. The number of aliphatic hydroxyl groups is 1. The van der Waals surface area contributed by atoms with Gasteiger partial charge in [0.2, 0.25) is 0 Å². The van der Waals surface area contributed by atoms with Gasteiger partial charge in [0.05, 0.1) is 0 Å². The molecule has 70 valence electrons. The summed E-state index contributed by atoms with van der Waals surface area (Å²) in [7, 11) is 0. The van der Waals surface area contributed by atoms with Gasteiger partial charge in [-0.05, 0) is 36.0 Å². The standard InChI is InChI=1S/C10H18OS/c1-10(2)6-3-8(10)7(5-11)9(12)4-6/h6-9,11-12H,3-5H2,1-2H3/t6-,7+,8+,9+/m1/s1. The van der Waals surface area contributed by atoms with Crippen LogP contribution in [0.4, 0.5) is 0 Å². The van der Waals surface area contributed by atoms with Crippen molar-refractivity contribution < 1.29 is 5.11 Å². The van der Waals surface area contributed by atoms with Crippen molar-refractivity contribution in [3.63, 3.8) is 0 Å². The van der Waals surface area contributed by atoms with Crippen LogP contribution in [0.15, 0.2) is 0 Å². The molecule has 0 aromatic heterocycles. The first kappa shape index (κ1) is 8.89. The topological polar surface area (TPSA) is 20.2 Å². The number of rotatable bonds is 1. The van der Waals surface area contributed by atoms with Crippen molar-refractivity contribution in [1.82, 2.24) is 0 Å². The molecule has 1 N–H and O–H groups in total. The lowest BCUT2D eigenvalue weighted by Crippen LogP contribution is -2.57. The van der Waals surface area contributed by atoms with Crippen molar-refractivity contribution in [3.8, 4) is 0 Å². The number of aliphatic hydroxyl groups excluding tert-OH is 1. The lowest BCUT2D eigenvalue weighted by molar-refractivity contribution is -0.112. The average Bonchev–Trinajstić information content (AvgIpc) is 2.03. The Labute approximate surface area is 80.0 Å². The van der Waals surface area contributed by atoms with E-state index in [-0.39, 0.29) is 0 Å². The molecule has 4 atom stereocenters. The van der Waals surface area contributed by atoms with Gasteiger partial charge in [-0.2, -0.15) is 12.6 Å². The summed E-state index contributed by atoms with van der Waals surface area (Å²) < 4.78 is 0. The normalized spacial score (nSPS) is 50.0. The van der Waals surface area contributed by atoms with Crippen LogP contribution >= 0.6 is 12.6 Å². The molecule has 0 spiro atoms. The van der Waals surface area contributed by atoms with Crippen molar-refractivity contribution >= 4 is 12.6 Å². The van der Waals surface area contributed by atoms with Crippen LogP contribution in [0.1, 0.15) is 26.7 Å². The van der Waals surface area contributed by atoms with Crippen LogP contribution in [0.3, 0.4) is 0 Å². The molecule has 3 aliphatic rings. The maximum atomic E-state index is 9.24. The zero-order chi connectivity index (χ0) is 8.93. The Hall–Kier alpha value is 0.310. The fourth-order valence-electron chi connectivity index (χ4n) is 3.17. The summed E-state index contributed by atoms with van der Waals surface area (Å²) in [5.74, 6) is 2.05. The monoisotopic (exact) mass is 186 g/mol. The average molecular weight is 186 g/mol. The van der Waals surface area contributed by atoms with Crippen LogP contribution < -0.4 is 0 Å². The quantitative estimate of drug-likeness (QED) is 0.600. The first-order valence-corrected chi connectivity index (χ1v) is 5.38. The SMILES string of the molecule is CC1(C)[C@H]2C[C@H](S)[C@@H](CO)[C@@H]1C2. The van der Waals surface area contributed by atoms with Gasteiger partial charge in [-0.1, -0.05) is 13.8 Å². The van der Waals surface area contributed by atoms with Gasteiger partial charge in [0, 0.05) is 11.9 Å². The molecule has 0 amide bonds. The van der Waals surface area contributed by atoms with Crippen molar-refractivity contribution in [2.24, 2.45) is 23.2 Å². The second kappa shape index (κ2) is 2.65. The molecule has 2 bridgehead atoms. The van der Waals surface area contributed by atoms with E-state index in [1.54, 1.807) is 0 Å². The molecule has 0 saturated heterocycles. The largest absolute Gasteiger partial charge is 0.396 e. The van der Waals surface area contributed by atoms with Gasteiger partial charge in [-0.15, -0.1) is 0 Å². The number of hydrogen-bond donors (Lipinski definition) is 2. The molecule has 0 heterocycles. The third-order valence-electron chi connectivity index (χ3n) is 4.29. The number of thiol groups is 1. The van der Waals surface area contributed by atoms with Crippen LogP contribution in [0, 0.1) is 23.2 Å². The molecule has 0 aliphatic heterocycles. The van der Waals surface area contributed by atoms with E-state index in [4.69, 9.17) is 0 Å². The van der Waals surface area contributed by atoms with Gasteiger partial charge in [0.15, 0.2) is 0 Å². The maximum Gasteiger partial charge on any atom is 0.0472 e. The number of hydrogen-bond acceptors (Lipinski definition) is 2. The van der Waals surface area contributed by atoms with E-state index < -0.39 is 0 Å². The molecule has 0 aromatic carbocycles. The van der Waals surface area contributed by atoms with Crippen LogP contribution in [0.25, 0.3) is 0 Å². The summed E-state index contributed by atoms with van der Waals surface area (Å²) >= 11 is 4.54. The van der Waals surface area contributed by atoms with E-state index in [9.17, 15) is 5.11 Å². The lowest BCUT2D eigenvalue weighted by atomic mass is 9.45. The third-order valence-corrected chi connectivity index (χ3v) is 4.89. The third kappa shape index (κ3) is 0.973. The van der Waals surface area contributed by atoms with Crippen LogP contribution in [0.5, 0.6) is 0 Å². The highest BCUT2D eigenvalue weighted by molar-refractivity contribution is 7.81. The molecule has 3 fully saturated rings. The molecule has 1 nitrogen and oxygen atoms in total. The highest BCUT2D eigenvalue weighted by atomic mass is 32.1. The van der Waals surface area contributed by atoms with Gasteiger partial charge in [-0.25, -0.2) is 0 Å². The number of fused-ring (bicyclic) bond motifs is 2. The summed E-state index contributed by atoms with van der Waals surface area (Å²) in [5, 5.41) is 9.69. The van der Waals surface area contributed by atoms with E-state index in [0.29, 0.717) is 23.2 Å². The highest BCUT2D eigenvalue weighted by Crippen LogP contribution is 2.62. The van der Waals surface area contributed by atoms with Crippen LogP contribution in [-0.4, -0.2) is 17.0 Å². The Morgan fingerprint density at radius 3 is 2.50 bits per heavy atom. The van der Waals surface area contributed by atoms with Gasteiger partial charge in [-0.3, -0.25) is 0 Å². The maximum absolute atomic E-state index is 9.24. The predicted octanol–water partition coefficient (Wildman–Crippen LogP) is 1.96. The second-order valence-corrected chi connectivity index (χ2v) is 5.67. The van der Waals surface area contributed by atoms with Crippen molar-refractivity contribution in [1.29, 1.82) is 0 Å². The zero-order valence-electron chi connectivity index (χ0n) is 7.83. The predicted molar refractivity (Wildman–Crippen MR) is 53.3 cm³/mol. The minimum absolute atomic E-state index is 0.328. The molecule has 0 aromatic rings. The fourth-order valence-corrected chi connectivity index (χ4v) is 3.72. The van der Waals surface area contributed by atoms with Gasteiger partial charge >= 0.3 is 0 Å². The van der Waals surface area contributed by atoms with E-state index in [1.807, 2.05) is 0 Å². The van der Waals surface area contributed by atoms with Crippen LogP contribution in [-0.2, 0) is 0 Å². The van der Waals surface area contributed by atoms with Gasteiger partial charge < -0.3 is 5.11 Å². The van der Waals surface area contributed by atoms with Gasteiger partial charge in [0.25, 0.3) is 0 Å². The highest BCUT2D eigenvalue weighted by Gasteiger charge is 2.56. The minimum atomic E-state index is 0.328. The zero-order valence-corrected chi connectivity index (χ0v) is 8.72. The van der Waals surface area contributed by atoms with Crippen molar-refractivity contribution in [2.45, 2.75) is 31.9 Å². The summed E-state index contributed by atoms with van der Waals surface area (Å²) in [4.78, 5) is 0. The fraction of sp³-hybridized carbons (Fsp3) is 1.00.